The number of carbonyl (C=O) groups is 1. The van der Waals surface area contributed by atoms with Crippen molar-refractivity contribution in [3.8, 4) is 16.9 Å². The molecule has 1 fully saturated rings. The molecule has 1 aliphatic heterocycles. The Hall–Kier alpha value is -3.88. The third-order valence-electron chi connectivity index (χ3n) is 6.27. The molecule has 0 saturated carbocycles. The summed E-state index contributed by atoms with van der Waals surface area (Å²) in [6, 6.07) is 15.8. The number of ether oxygens (including phenoxy) is 2. The Labute approximate surface area is 210 Å². The molecule has 5 rings (SSSR count). The Morgan fingerprint density at radius 3 is 2.58 bits per heavy atom. The van der Waals surface area contributed by atoms with Crippen LogP contribution in [-0.2, 0) is 31.4 Å². The first kappa shape index (κ1) is 23.8. The third-order valence-corrected chi connectivity index (χ3v) is 6.27. The number of morpholine rings is 1. The van der Waals surface area contributed by atoms with Crippen LogP contribution in [0.5, 0.6) is 5.75 Å². The molecule has 2 aromatic heterocycles. The molecule has 0 N–H and O–H groups in total. The largest absolute Gasteiger partial charge is 0.488 e. The quantitative estimate of drug-likeness (QED) is 0.336. The smallest absolute Gasteiger partial charge is 0.171 e. The molecule has 8 heteroatoms. The van der Waals surface area contributed by atoms with Gasteiger partial charge in [-0.05, 0) is 40.5 Å². The van der Waals surface area contributed by atoms with E-state index >= 15 is 0 Å². The lowest BCUT2D eigenvalue weighted by Crippen LogP contribution is -2.35. The van der Waals surface area contributed by atoms with Crippen molar-refractivity contribution in [2.45, 2.75) is 19.6 Å². The van der Waals surface area contributed by atoms with Crippen LogP contribution in [0.3, 0.4) is 0 Å². The highest BCUT2D eigenvalue weighted by atomic mass is 16.5. The molecule has 0 unspecified atom stereocenters. The van der Waals surface area contributed by atoms with Crippen LogP contribution in [0, 0.1) is 0 Å². The van der Waals surface area contributed by atoms with Gasteiger partial charge in [-0.1, -0.05) is 30.3 Å². The van der Waals surface area contributed by atoms with Gasteiger partial charge in [-0.15, -0.1) is 0 Å². The fourth-order valence-corrected chi connectivity index (χ4v) is 4.36. The van der Waals surface area contributed by atoms with Crippen LogP contribution in [0.15, 0.2) is 73.3 Å². The summed E-state index contributed by atoms with van der Waals surface area (Å²) < 4.78 is 13.6. The van der Waals surface area contributed by atoms with Crippen LogP contribution >= 0.6 is 0 Å². The summed E-state index contributed by atoms with van der Waals surface area (Å²) in [5, 5.41) is 12.1. The molecule has 2 aromatic carbocycles. The molecule has 0 bridgehead atoms. The van der Waals surface area contributed by atoms with Crippen molar-refractivity contribution in [2.75, 3.05) is 26.3 Å². The van der Waals surface area contributed by atoms with Gasteiger partial charge in [-0.2, -0.15) is 15.3 Å². The maximum Gasteiger partial charge on any atom is 0.171 e. The minimum Gasteiger partial charge on any atom is -0.488 e. The number of rotatable bonds is 9. The van der Waals surface area contributed by atoms with Gasteiger partial charge in [-0.3, -0.25) is 14.4 Å². The summed E-state index contributed by atoms with van der Waals surface area (Å²) in [6.07, 6.45) is 7.25. The number of hydrogen-bond donors (Lipinski definition) is 0. The van der Waals surface area contributed by atoms with Crippen LogP contribution < -0.4 is 4.74 Å². The predicted molar refractivity (Wildman–Crippen MR) is 136 cm³/mol. The summed E-state index contributed by atoms with van der Waals surface area (Å²) in [5.41, 5.74) is 5.44. The third kappa shape index (κ3) is 5.84. The average molecular weight is 484 g/mol. The molecule has 184 valence electrons. The van der Waals surface area contributed by atoms with Gasteiger partial charge >= 0.3 is 0 Å². The van der Waals surface area contributed by atoms with E-state index in [1.165, 1.54) is 0 Å². The van der Waals surface area contributed by atoms with E-state index < -0.39 is 0 Å². The van der Waals surface area contributed by atoms with E-state index in [1.807, 2.05) is 68.0 Å². The molecular formula is C28H29N5O3. The molecule has 0 spiro atoms. The summed E-state index contributed by atoms with van der Waals surface area (Å²) in [6.45, 7) is 4.27. The lowest BCUT2D eigenvalue weighted by Gasteiger charge is -2.28. The molecular weight excluding hydrogens is 454 g/mol. The highest BCUT2D eigenvalue weighted by Crippen LogP contribution is 2.33. The summed E-state index contributed by atoms with van der Waals surface area (Å²) in [5.74, 6) is 0.552. The second-order valence-electron chi connectivity index (χ2n) is 8.92. The van der Waals surface area contributed by atoms with Crippen molar-refractivity contribution in [1.82, 2.24) is 24.9 Å². The van der Waals surface area contributed by atoms with E-state index in [9.17, 15) is 4.79 Å². The number of aromatic nitrogens is 4. The van der Waals surface area contributed by atoms with Crippen molar-refractivity contribution in [2.24, 2.45) is 7.05 Å². The fraction of sp³-hybridized carbons (Fsp3) is 0.286. The van der Waals surface area contributed by atoms with Crippen LogP contribution in [0.25, 0.3) is 11.1 Å². The zero-order valence-corrected chi connectivity index (χ0v) is 20.3. The summed E-state index contributed by atoms with van der Waals surface area (Å²) in [4.78, 5) is 15.9. The SMILES string of the molecule is Cn1cc(-c2cc(C(=O)Cc3ccnnc3)c(OCc3ccccc3)cc2CN2CCOCC2)cn1. The van der Waals surface area contributed by atoms with Gasteiger partial charge < -0.3 is 9.47 Å². The molecule has 1 saturated heterocycles. The molecule has 0 aliphatic carbocycles. The summed E-state index contributed by atoms with van der Waals surface area (Å²) in [7, 11) is 1.89. The average Bonchev–Trinajstić information content (AvgIpc) is 3.35. The zero-order chi connectivity index (χ0) is 24.7. The Morgan fingerprint density at radius 1 is 1.03 bits per heavy atom. The van der Waals surface area contributed by atoms with Gasteiger partial charge in [0.15, 0.2) is 5.78 Å². The highest BCUT2D eigenvalue weighted by molar-refractivity contribution is 6.01. The molecule has 1 aliphatic rings. The zero-order valence-electron chi connectivity index (χ0n) is 20.3. The minimum absolute atomic E-state index is 0.0332. The monoisotopic (exact) mass is 483 g/mol. The normalized spacial score (nSPS) is 14.0. The predicted octanol–water partition coefficient (Wildman–Crippen LogP) is 3.71. The van der Waals surface area contributed by atoms with E-state index in [4.69, 9.17) is 9.47 Å². The van der Waals surface area contributed by atoms with Gasteiger partial charge in [0.25, 0.3) is 0 Å². The Morgan fingerprint density at radius 2 is 1.86 bits per heavy atom. The van der Waals surface area contributed by atoms with E-state index in [-0.39, 0.29) is 12.2 Å². The topological polar surface area (TPSA) is 82.4 Å². The van der Waals surface area contributed by atoms with Crippen LogP contribution in [0.1, 0.15) is 27.0 Å². The number of carbonyl (C=O) groups excluding carboxylic acids is 1. The Bertz CT molecular complexity index is 1300. The van der Waals surface area contributed by atoms with Gasteiger partial charge in [0, 0.05) is 51.1 Å². The number of Topliss-reactive ketones (excluding diaryl/α,β-unsaturated/α-hetero) is 1. The second-order valence-corrected chi connectivity index (χ2v) is 8.92. The summed E-state index contributed by atoms with van der Waals surface area (Å²) >= 11 is 0. The maximum absolute atomic E-state index is 13.6. The molecule has 0 radical (unpaired) electrons. The molecule has 36 heavy (non-hydrogen) atoms. The van der Waals surface area contributed by atoms with Crippen molar-refractivity contribution in [3.05, 3.63) is 95.6 Å². The Kier molecular flexibility index (Phi) is 7.44. The van der Waals surface area contributed by atoms with Gasteiger partial charge in [0.1, 0.15) is 12.4 Å². The second kappa shape index (κ2) is 11.2. The highest BCUT2D eigenvalue weighted by Gasteiger charge is 2.21. The number of aryl methyl sites for hydroxylation is 1. The van der Waals surface area contributed by atoms with Crippen molar-refractivity contribution < 1.29 is 14.3 Å². The van der Waals surface area contributed by atoms with E-state index in [2.05, 4.69) is 20.2 Å². The molecule has 4 aromatic rings. The molecule has 8 nitrogen and oxygen atoms in total. The molecule has 0 atom stereocenters. The van der Waals surface area contributed by atoms with Crippen LogP contribution in [0.2, 0.25) is 0 Å². The van der Waals surface area contributed by atoms with Gasteiger partial charge in [-0.25, -0.2) is 0 Å². The van der Waals surface area contributed by atoms with E-state index in [0.717, 1.165) is 60.7 Å². The lowest BCUT2D eigenvalue weighted by atomic mass is 9.94. The van der Waals surface area contributed by atoms with Gasteiger partial charge in [0.2, 0.25) is 0 Å². The van der Waals surface area contributed by atoms with E-state index in [1.54, 1.807) is 17.1 Å². The van der Waals surface area contributed by atoms with Crippen LogP contribution in [0.4, 0.5) is 0 Å². The van der Waals surface area contributed by atoms with Crippen molar-refractivity contribution >= 4 is 5.78 Å². The standard InChI is InChI=1S/C28H29N5O3/c1-32-18-24(17-31-32)25-15-26(27(34)13-22-7-8-29-30-16-22)28(36-20-21-5-3-2-4-6-21)14-23(25)19-33-9-11-35-12-10-33/h2-8,14-18H,9-13,19-20H2,1H3. The number of nitrogens with zero attached hydrogens (tertiary/aromatic N) is 5. The number of ketones is 1. The lowest BCUT2D eigenvalue weighted by molar-refractivity contribution is 0.0342. The first-order valence-electron chi connectivity index (χ1n) is 12.1. The number of hydrogen-bond acceptors (Lipinski definition) is 7. The van der Waals surface area contributed by atoms with Gasteiger partial charge in [0.05, 0.1) is 31.2 Å². The molecule has 3 heterocycles. The van der Waals surface area contributed by atoms with E-state index in [0.29, 0.717) is 17.9 Å². The fourth-order valence-electron chi connectivity index (χ4n) is 4.36. The molecule has 0 amide bonds. The maximum atomic E-state index is 13.6. The van der Waals surface area contributed by atoms with Crippen LogP contribution in [-0.4, -0.2) is 57.0 Å². The van der Waals surface area contributed by atoms with Crippen molar-refractivity contribution in [3.63, 3.8) is 0 Å². The Balaban J connectivity index is 1.54. The van der Waals surface area contributed by atoms with Crippen molar-refractivity contribution in [1.29, 1.82) is 0 Å². The first-order chi connectivity index (χ1) is 17.7. The number of benzene rings is 2. The minimum atomic E-state index is -0.0332. The first-order valence-corrected chi connectivity index (χ1v) is 12.1.